The van der Waals surface area contributed by atoms with E-state index in [2.05, 4.69) is 31.0 Å². The second kappa shape index (κ2) is 12.9. The second-order valence-corrected chi connectivity index (χ2v) is 11.5. The van der Waals surface area contributed by atoms with Crippen LogP contribution in [0.3, 0.4) is 0 Å². The lowest BCUT2D eigenvalue weighted by Crippen LogP contribution is -2.25. The number of ether oxygens (including phenoxy) is 1. The van der Waals surface area contributed by atoms with Crippen LogP contribution in [-0.4, -0.2) is 55.4 Å². The molecule has 0 aliphatic rings. The fourth-order valence-corrected chi connectivity index (χ4v) is 5.87. The number of hydrogen-bond acceptors (Lipinski definition) is 10. The van der Waals surface area contributed by atoms with Gasteiger partial charge in [-0.3, -0.25) is 19.5 Å². The van der Waals surface area contributed by atoms with Crippen molar-refractivity contribution in [2.24, 2.45) is 0 Å². The van der Waals surface area contributed by atoms with Gasteiger partial charge in [-0.25, -0.2) is 0 Å². The van der Waals surface area contributed by atoms with Crippen molar-refractivity contribution >= 4 is 51.8 Å². The number of nitrogens with zero attached hydrogens (tertiary/aromatic N) is 5. The molecule has 0 spiro atoms. The Kier molecular flexibility index (Phi) is 9.37. The Bertz CT molecular complexity index is 1440. The largest absolute Gasteiger partial charge is 0.495 e. The molecule has 0 saturated heterocycles. The maximum atomic E-state index is 12.8. The first-order valence-corrected chi connectivity index (χ1v) is 14.5. The number of aromatic nitrogens is 5. The highest BCUT2D eigenvalue weighted by Gasteiger charge is 2.20. The Hall–Kier alpha value is -3.42. The van der Waals surface area contributed by atoms with Crippen molar-refractivity contribution in [3.05, 3.63) is 65.0 Å². The summed E-state index contributed by atoms with van der Waals surface area (Å²) in [6.45, 7) is 6.13. The SMILES string of the molecule is CCSc1nnc(NC(=O)CSc2nnc(CNC(=O)c3ccc(C)c(C)c3)n2-c2ccccc2OC)s1. The van der Waals surface area contributed by atoms with E-state index in [9.17, 15) is 9.59 Å². The molecule has 38 heavy (non-hydrogen) atoms. The lowest BCUT2D eigenvalue weighted by atomic mass is 10.1. The number of thioether (sulfide) groups is 2. The molecular formula is C25H27N7O3S3. The van der Waals surface area contributed by atoms with E-state index in [1.165, 1.54) is 23.1 Å². The maximum Gasteiger partial charge on any atom is 0.251 e. The van der Waals surface area contributed by atoms with Gasteiger partial charge in [0.2, 0.25) is 11.0 Å². The Morgan fingerprint density at radius 2 is 1.84 bits per heavy atom. The van der Waals surface area contributed by atoms with E-state index < -0.39 is 0 Å². The molecule has 0 radical (unpaired) electrons. The molecule has 0 aliphatic heterocycles. The van der Waals surface area contributed by atoms with Gasteiger partial charge in [0.05, 0.1) is 25.1 Å². The van der Waals surface area contributed by atoms with Crippen LogP contribution in [-0.2, 0) is 11.3 Å². The van der Waals surface area contributed by atoms with Gasteiger partial charge in [-0.1, -0.05) is 60.0 Å². The number of benzene rings is 2. The summed E-state index contributed by atoms with van der Waals surface area (Å²) in [5.74, 6) is 1.62. The molecule has 2 amide bonds. The topological polar surface area (TPSA) is 124 Å². The van der Waals surface area contributed by atoms with Crippen molar-refractivity contribution in [3.8, 4) is 11.4 Å². The van der Waals surface area contributed by atoms with Crippen LogP contribution >= 0.6 is 34.9 Å². The van der Waals surface area contributed by atoms with Gasteiger partial charge >= 0.3 is 0 Å². The summed E-state index contributed by atoms with van der Waals surface area (Å²) < 4.78 is 8.15. The standard InChI is InChI=1S/C25H27N7O3S3/c1-5-36-25-31-29-23(38-25)27-21(33)14-37-24-30-28-20(32(24)18-8-6-7-9-19(18)35-4)13-26-22(34)17-11-10-15(2)16(3)12-17/h6-12H,5,13-14H2,1-4H3,(H,26,34)(H,27,29,33). The van der Waals surface area contributed by atoms with E-state index in [0.29, 0.717) is 33.1 Å². The zero-order chi connectivity index (χ0) is 27.1. The zero-order valence-electron chi connectivity index (χ0n) is 21.3. The van der Waals surface area contributed by atoms with E-state index in [0.717, 1.165) is 21.2 Å². The van der Waals surface area contributed by atoms with Crippen LogP contribution in [0.15, 0.2) is 52.0 Å². The van der Waals surface area contributed by atoms with Gasteiger partial charge in [-0.15, -0.1) is 20.4 Å². The Morgan fingerprint density at radius 3 is 2.61 bits per heavy atom. The molecule has 0 bridgehead atoms. The molecule has 0 atom stereocenters. The molecule has 2 aromatic carbocycles. The Balaban J connectivity index is 1.51. The van der Waals surface area contributed by atoms with Crippen LogP contribution in [0.1, 0.15) is 34.2 Å². The van der Waals surface area contributed by atoms with Crippen molar-refractivity contribution in [2.45, 2.75) is 36.8 Å². The highest BCUT2D eigenvalue weighted by Crippen LogP contribution is 2.29. The lowest BCUT2D eigenvalue weighted by molar-refractivity contribution is -0.113. The number of para-hydroxylation sites is 2. The third-order valence-corrected chi connectivity index (χ3v) is 8.24. The normalized spacial score (nSPS) is 10.8. The van der Waals surface area contributed by atoms with Gasteiger partial charge < -0.3 is 10.1 Å². The van der Waals surface area contributed by atoms with Gasteiger partial charge in [-0.2, -0.15) is 0 Å². The predicted molar refractivity (Wildman–Crippen MR) is 151 cm³/mol. The predicted octanol–water partition coefficient (Wildman–Crippen LogP) is 4.52. The maximum absolute atomic E-state index is 12.8. The highest BCUT2D eigenvalue weighted by molar-refractivity contribution is 8.01. The van der Waals surface area contributed by atoms with Crippen LogP contribution in [0.25, 0.3) is 5.69 Å². The van der Waals surface area contributed by atoms with Gasteiger partial charge in [-0.05, 0) is 55.0 Å². The number of anilines is 1. The Morgan fingerprint density at radius 1 is 1.03 bits per heavy atom. The fourth-order valence-electron chi connectivity index (χ4n) is 3.44. The summed E-state index contributed by atoms with van der Waals surface area (Å²) in [7, 11) is 1.58. The van der Waals surface area contributed by atoms with Crippen molar-refractivity contribution in [3.63, 3.8) is 0 Å². The molecule has 198 valence electrons. The summed E-state index contributed by atoms with van der Waals surface area (Å²) >= 11 is 4.13. The molecule has 0 aliphatic carbocycles. The van der Waals surface area contributed by atoms with Crippen molar-refractivity contribution in [2.75, 3.05) is 23.9 Å². The summed E-state index contributed by atoms with van der Waals surface area (Å²) in [4.78, 5) is 25.4. The third-order valence-electron chi connectivity index (χ3n) is 5.46. The quantitative estimate of drug-likeness (QED) is 0.198. The van der Waals surface area contributed by atoms with Crippen LogP contribution < -0.4 is 15.4 Å². The first kappa shape index (κ1) is 27.6. The average molecular weight is 570 g/mol. The van der Waals surface area contributed by atoms with Crippen molar-refractivity contribution in [1.29, 1.82) is 0 Å². The number of aryl methyl sites for hydroxylation is 2. The minimum atomic E-state index is -0.238. The fraction of sp³-hybridized carbons (Fsp3) is 0.280. The van der Waals surface area contributed by atoms with Crippen LogP contribution in [0.5, 0.6) is 5.75 Å². The molecule has 10 nitrogen and oxygen atoms in total. The molecule has 0 fully saturated rings. The van der Waals surface area contributed by atoms with Crippen LogP contribution in [0.4, 0.5) is 5.13 Å². The summed E-state index contributed by atoms with van der Waals surface area (Å²) in [6, 6.07) is 13.0. The smallest absolute Gasteiger partial charge is 0.251 e. The minimum absolute atomic E-state index is 0.0815. The molecule has 4 aromatic rings. The summed E-state index contributed by atoms with van der Waals surface area (Å²) in [5, 5.41) is 23.3. The molecule has 2 aromatic heterocycles. The van der Waals surface area contributed by atoms with E-state index >= 15 is 0 Å². The van der Waals surface area contributed by atoms with E-state index in [1.54, 1.807) is 29.5 Å². The number of carbonyl (C=O) groups is 2. The first-order valence-electron chi connectivity index (χ1n) is 11.7. The number of hydrogen-bond donors (Lipinski definition) is 2. The number of rotatable bonds is 11. The van der Waals surface area contributed by atoms with Crippen molar-refractivity contribution in [1.82, 2.24) is 30.3 Å². The van der Waals surface area contributed by atoms with Crippen molar-refractivity contribution < 1.29 is 14.3 Å². The number of carbonyl (C=O) groups excluding carboxylic acids is 2. The van der Waals surface area contributed by atoms with E-state index in [-0.39, 0.29) is 24.1 Å². The molecular weight excluding hydrogens is 543 g/mol. The van der Waals surface area contributed by atoms with Gasteiger partial charge in [0.15, 0.2) is 15.3 Å². The zero-order valence-corrected chi connectivity index (χ0v) is 23.8. The first-order chi connectivity index (χ1) is 18.4. The van der Waals surface area contributed by atoms with E-state index in [1.807, 2.05) is 57.2 Å². The number of amides is 2. The van der Waals surface area contributed by atoms with Gasteiger partial charge in [0, 0.05) is 5.56 Å². The van der Waals surface area contributed by atoms with E-state index in [4.69, 9.17) is 4.74 Å². The van der Waals surface area contributed by atoms with Crippen LogP contribution in [0, 0.1) is 13.8 Å². The molecule has 13 heteroatoms. The third kappa shape index (κ3) is 6.71. The van der Waals surface area contributed by atoms with Gasteiger partial charge in [0.25, 0.3) is 5.91 Å². The molecule has 0 unspecified atom stereocenters. The molecule has 0 saturated carbocycles. The van der Waals surface area contributed by atoms with Gasteiger partial charge in [0.1, 0.15) is 5.75 Å². The second-order valence-electron chi connectivity index (χ2n) is 8.03. The molecule has 4 rings (SSSR count). The van der Waals surface area contributed by atoms with Crippen LogP contribution in [0.2, 0.25) is 0 Å². The summed E-state index contributed by atoms with van der Waals surface area (Å²) in [6.07, 6.45) is 0. The Labute approximate surface area is 233 Å². The monoisotopic (exact) mass is 569 g/mol. The number of nitrogens with one attached hydrogen (secondary N) is 2. The lowest BCUT2D eigenvalue weighted by Gasteiger charge is -2.14. The number of methoxy groups -OCH3 is 1. The highest BCUT2D eigenvalue weighted by atomic mass is 32.2. The minimum Gasteiger partial charge on any atom is -0.495 e. The molecule has 2 heterocycles. The summed E-state index contributed by atoms with van der Waals surface area (Å²) in [5.41, 5.74) is 3.43. The average Bonchev–Trinajstić information content (AvgIpc) is 3.54. The molecule has 2 N–H and O–H groups in total.